The molecule has 0 aromatic heterocycles. The highest BCUT2D eigenvalue weighted by Gasteiger charge is 2.28. The SMILES string of the molecule is COc1c(OS(=O)(=O)c2cccc(OCC(O)CO)c2)cc(C)cc1C1CCN(C(=N)N)CC1.Cl. The summed E-state index contributed by atoms with van der Waals surface area (Å²) < 4.78 is 42.6. The number of nitrogens with one attached hydrogen (secondary N) is 1. The molecule has 194 valence electrons. The quantitative estimate of drug-likeness (QED) is 0.217. The first-order valence-electron chi connectivity index (χ1n) is 10.9. The van der Waals surface area contributed by atoms with E-state index in [9.17, 15) is 13.5 Å². The predicted octanol–water partition coefficient (Wildman–Crippen LogP) is 2.00. The lowest BCUT2D eigenvalue weighted by molar-refractivity contribution is 0.0535. The van der Waals surface area contributed by atoms with Crippen LogP contribution in [0.2, 0.25) is 0 Å². The molecule has 3 rings (SSSR count). The first-order chi connectivity index (χ1) is 16.1. The van der Waals surface area contributed by atoms with Gasteiger partial charge in [0.15, 0.2) is 17.5 Å². The molecule has 0 bridgehead atoms. The van der Waals surface area contributed by atoms with Gasteiger partial charge in [0.1, 0.15) is 23.4 Å². The fourth-order valence-electron chi connectivity index (χ4n) is 3.91. The van der Waals surface area contributed by atoms with Crippen molar-refractivity contribution >= 4 is 28.5 Å². The van der Waals surface area contributed by atoms with Gasteiger partial charge < -0.3 is 34.5 Å². The molecule has 1 saturated heterocycles. The zero-order chi connectivity index (χ0) is 24.9. The van der Waals surface area contributed by atoms with Crippen LogP contribution in [0.25, 0.3) is 0 Å². The summed E-state index contributed by atoms with van der Waals surface area (Å²) >= 11 is 0. The molecule has 1 unspecified atom stereocenters. The van der Waals surface area contributed by atoms with Crippen LogP contribution in [0.5, 0.6) is 17.2 Å². The van der Waals surface area contributed by atoms with Gasteiger partial charge in [-0.1, -0.05) is 12.1 Å². The maximum atomic E-state index is 13.1. The summed E-state index contributed by atoms with van der Waals surface area (Å²) in [5.74, 6) is 0.806. The summed E-state index contributed by atoms with van der Waals surface area (Å²) in [5.41, 5.74) is 7.27. The summed E-state index contributed by atoms with van der Waals surface area (Å²) in [4.78, 5) is 1.68. The molecule has 12 heteroatoms. The van der Waals surface area contributed by atoms with Gasteiger partial charge in [0.25, 0.3) is 0 Å². The van der Waals surface area contributed by atoms with Crippen LogP contribution in [0.3, 0.4) is 0 Å². The summed E-state index contributed by atoms with van der Waals surface area (Å²) in [6.45, 7) is 2.46. The minimum absolute atomic E-state index is 0. The molecule has 2 aromatic rings. The van der Waals surface area contributed by atoms with Crippen molar-refractivity contribution in [3.05, 3.63) is 47.5 Å². The zero-order valence-electron chi connectivity index (χ0n) is 19.6. The maximum Gasteiger partial charge on any atom is 0.339 e. The number of hydrogen-bond donors (Lipinski definition) is 4. The van der Waals surface area contributed by atoms with E-state index in [1.54, 1.807) is 17.0 Å². The number of piperidine rings is 1. The van der Waals surface area contributed by atoms with Crippen LogP contribution in [0, 0.1) is 12.3 Å². The summed E-state index contributed by atoms with van der Waals surface area (Å²) in [7, 11) is -2.75. The van der Waals surface area contributed by atoms with E-state index in [1.165, 1.54) is 25.3 Å². The second kappa shape index (κ2) is 12.3. The van der Waals surface area contributed by atoms with Gasteiger partial charge in [-0.25, -0.2) is 0 Å². The zero-order valence-corrected chi connectivity index (χ0v) is 21.3. The molecule has 0 aliphatic carbocycles. The van der Waals surface area contributed by atoms with E-state index in [4.69, 9.17) is 29.9 Å². The Hall–Kier alpha value is -2.73. The van der Waals surface area contributed by atoms with Crippen molar-refractivity contribution in [3.8, 4) is 17.2 Å². The predicted molar refractivity (Wildman–Crippen MR) is 133 cm³/mol. The number of ether oxygens (including phenoxy) is 2. The third-order valence-corrected chi connectivity index (χ3v) is 6.88. The lowest BCUT2D eigenvalue weighted by Gasteiger charge is -2.33. The number of likely N-dealkylation sites (tertiary alicyclic amines) is 1. The molecule has 0 spiro atoms. The van der Waals surface area contributed by atoms with Gasteiger partial charge in [-0.05, 0) is 49.4 Å². The molecule has 0 saturated carbocycles. The summed E-state index contributed by atoms with van der Waals surface area (Å²) in [5, 5.41) is 26.0. The second-order valence-electron chi connectivity index (χ2n) is 8.19. The van der Waals surface area contributed by atoms with E-state index in [2.05, 4.69) is 0 Å². The van der Waals surface area contributed by atoms with Crippen molar-refractivity contribution in [2.45, 2.75) is 36.7 Å². The van der Waals surface area contributed by atoms with E-state index in [-0.39, 0.29) is 47.3 Å². The number of rotatable bonds is 9. The molecular formula is C23H32ClN3O7S. The molecule has 0 radical (unpaired) electrons. The Balaban J connectivity index is 0.00000432. The molecular weight excluding hydrogens is 498 g/mol. The standard InChI is InChI=1S/C23H31N3O7S.ClH/c1-15-10-20(16-6-8-26(9-7-16)23(24)25)22(31-2)21(11-15)33-34(29,30)19-5-3-4-18(12-19)32-14-17(28)13-27;/h3-5,10-12,16-17,27-28H,6-9,13-14H2,1-2H3,(H3,24,25);1H. The number of nitrogens with zero attached hydrogens (tertiary/aromatic N) is 1. The first-order valence-corrected chi connectivity index (χ1v) is 12.3. The highest BCUT2D eigenvalue weighted by molar-refractivity contribution is 7.87. The van der Waals surface area contributed by atoms with Crippen molar-refractivity contribution in [3.63, 3.8) is 0 Å². The van der Waals surface area contributed by atoms with Crippen LogP contribution >= 0.6 is 12.4 Å². The highest BCUT2D eigenvalue weighted by Crippen LogP contribution is 2.42. The summed E-state index contributed by atoms with van der Waals surface area (Å²) in [6.07, 6.45) is 0.406. The third-order valence-electron chi connectivity index (χ3n) is 5.65. The van der Waals surface area contributed by atoms with Gasteiger partial charge >= 0.3 is 10.1 Å². The Kier molecular flexibility index (Phi) is 10.0. The van der Waals surface area contributed by atoms with Crippen molar-refractivity contribution in [1.29, 1.82) is 5.41 Å². The molecule has 10 nitrogen and oxygen atoms in total. The van der Waals surface area contributed by atoms with Gasteiger partial charge in [0, 0.05) is 24.7 Å². The molecule has 1 heterocycles. The van der Waals surface area contributed by atoms with Crippen LogP contribution in [0.1, 0.15) is 29.9 Å². The van der Waals surface area contributed by atoms with Gasteiger partial charge in [0.2, 0.25) is 0 Å². The minimum Gasteiger partial charge on any atom is -0.492 e. The average molecular weight is 530 g/mol. The first kappa shape index (κ1) is 28.5. The molecule has 1 fully saturated rings. The van der Waals surface area contributed by atoms with Crippen molar-refractivity contribution in [2.24, 2.45) is 5.73 Å². The molecule has 0 amide bonds. The molecule has 35 heavy (non-hydrogen) atoms. The van der Waals surface area contributed by atoms with Crippen LogP contribution in [-0.2, 0) is 10.1 Å². The number of methoxy groups -OCH3 is 1. The summed E-state index contributed by atoms with van der Waals surface area (Å²) in [6, 6.07) is 9.29. The monoisotopic (exact) mass is 529 g/mol. The number of guanidine groups is 1. The Morgan fingerprint density at radius 1 is 1.26 bits per heavy atom. The van der Waals surface area contributed by atoms with Crippen molar-refractivity contribution < 1.29 is 32.3 Å². The van der Waals surface area contributed by atoms with E-state index >= 15 is 0 Å². The molecule has 1 aliphatic rings. The smallest absolute Gasteiger partial charge is 0.339 e. The highest BCUT2D eigenvalue weighted by atomic mass is 35.5. The van der Waals surface area contributed by atoms with E-state index in [1.807, 2.05) is 13.0 Å². The normalized spacial score (nSPS) is 15.1. The number of aryl methyl sites for hydroxylation is 1. The van der Waals surface area contributed by atoms with Crippen molar-refractivity contribution in [2.75, 3.05) is 33.4 Å². The van der Waals surface area contributed by atoms with Crippen LogP contribution in [0.4, 0.5) is 0 Å². The fraction of sp³-hybridized carbons (Fsp3) is 0.435. The topological polar surface area (TPSA) is 155 Å². The van der Waals surface area contributed by atoms with Gasteiger partial charge in [0.05, 0.1) is 13.7 Å². The maximum absolute atomic E-state index is 13.1. The number of nitrogens with two attached hydrogens (primary N) is 1. The number of hydrogen-bond acceptors (Lipinski definition) is 8. The number of benzene rings is 2. The van der Waals surface area contributed by atoms with Gasteiger partial charge in [-0.3, -0.25) is 5.41 Å². The Morgan fingerprint density at radius 2 is 1.94 bits per heavy atom. The number of halogens is 1. The largest absolute Gasteiger partial charge is 0.492 e. The molecule has 2 aromatic carbocycles. The van der Waals surface area contributed by atoms with E-state index in [0.29, 0.717) is 18.8 Å². The second-order valence-corrected chi connectivity index (χ2v) is 9.74. The van der Waals surface area contributed by atoms with E-state index < -0.39 is 22.8 Å². The number of aliphatic hydroxyl groups is 2. The average Bonchev–Trinajstić information content (AvgIpc) is 2.82. The Labute approximate surface area is 211 Å². The molecule has 5 N–H and O–H groups in total. The lowest BCUT2D eigenvalue weighted by Crippen LogP contribution is -2.41. The molecule has 1 aliphatic heterocycles. The van der Waals surface area contributed by atoms with Crippen LogP contribution < -0.4 is 19.4 Å². The Bertz CT molecular complexity index is 1120. The Morgan fingerprint density at radius 3 is 2.54 bits per heavy atom. The van der Waals surface area contributed by atoms with Crippen molar-refractivity contribution in [1.82, 2.24) is 4.90 Å². The molecule has 1 atom stereocenters. The van der Waals surface area contributed by atoms with E-state index in [0.717, 1.165) is 24.0 Å². The van der Waals surface area contributed by atoms with Crippen LogP contribution in [-0.4, -0.2) is 69.0 Å². The van der Waals surface area contributed by atoms with Gasteiger partial charge in [-0.2, -0.15) is 8.42 Å². The van der Waals surface area contributed by atoms with Crippen LogP contribution in [0.15, 0.2) is 41.3 Å². The van der Waals surface area contributed by atoms with Gasteiger partial charge in [-0.15, -0.1) is 12.4 Å². The fourth-order valence-corrected chi connectivity index (χ4v) is 4.88. The lowest BCUT2D eigenvalue weighted by atomic mass is 9.88. The third kappa shape index (κ3) is 7.14. The minimum atomic E-state index is -4.22. The number of aliphatic hydroxyl groups excluding tert-OH is 2.